The van der Waals surface area contributed by atoms with Gasteiger partial charge in [0.1, 0.15) is 0 Å². The van der Waals surface area contributed by atoms with Gasteiger partial charge in [0.05, 0.1) is 12.2 Å². The summed E-state index contributed by atoms with van der Waals surface area (Å²) in [7, 11) is 0. The third kappa shape index (κ3) is 3.55. The summed E-state index contributed by atoms with van der Waals surface area (Å²) in [6.07, 6.45) is 1.80. The zero-order chi connectivity index (χ0) is 17.1. The second kappa shape index (κ2) is 6.86. The van der Waals surface area contributed by atoms with Gasteiger partial charge in [-0.25, -0.2) is 4.79 Å². The first-order valence-corrected chi connectivity index (χ1v) is 7.84. The second-order valence-corrected chi connectivity index (χ2v) is 5.64. The molecule has 1 saturated carbocycles. The van der Waals surface area contributed by atoms with Crippen molar-refractivity contribution in [2.45, 2.75) is 40.0 Å². The molecule has 1 aliphatic rings. The van der Waals surface area contributed by atoms with Crippen molar-refractivity contribution in [1.82, 2.24) is 0 Å². The summed E-state index contributed by atoms with van der Waals surface area (Å²) in [5, 5.41) is 0. The van der Waals surface area contributed by atoms with E-state index >= 15 is 0 Å². The van der Waals surface area contributed by atoms with Gasteiger partial charge in [0, 0.05) is 29.0 Å². The highest BCUT2D eigenvalue weighted by Crippen LogP contribution is 2.35. The molecular formula is C18H20O5. The van der Waals surface area contributed by atoms with Crippen LogP contribution >= 0.6 is 0 Å². The Labute approximate surface area is 135 Å². The molecule has 1 fully saturated rings. The molecule has 0 aromatic heterocycles. The zero-order valence-electron chi connectivity index (χ0n) is 13.6. The maximum atomic E-state index is 12.5. The Morgan fingerprint density at radius 3 is 2.17 bits per heavy atom. The fourth-order valence-corrected chi connectivity index (χ4v) is 2.52. The van der Waals surface area contributed by atoms with Crippen LogP contribution in [0.4, 0.5) is 0 Å². The Hall–Kier alpha value is -2.30. The van der Waals surface area contributed by atoms with Crippen LogP contribution in [0.3, 0.4) is 0 Å². The van der Waals surface area contributed by atoms with E-state index in [0.29, 0.717) is 0 Å². The van der Waals surface area contributed by atoms with Crippen LogP contribution in [-0.4, -0.2) is 29.9 Å². The van der Waals surface area contributed by atoms with Crippen molar-refractivity contribution in [1.29, 1.82) is 0 Å². The van der Waals surface area contributed by atoms with Crippen LogP contribution in [0.1, 0.15) is 81.5 Å². The van der Waals surface area contributed by atoms with Crippen molar-refractivity contribution in [3.8, 4) is 0 Å². The Morgan fingerprint density at radius 1 is 1.09 bits per heavy atom. The molecule has 0 heterocycles. The van der Waals surface area contributed by atoms with Gasteiger partial charge in [-0.2, -0.15) is 0 Å². The van der Waals surface area contributed by atoms with Crippen LogP contribution in [0.25, 0.3) is 0 Å². The van der Waals surface area contributed by atoms with Crippen LogP contribution in [0, 0.1) is 5.92 Å². The molecule has 1 aromatic rings. The summed E-state index contributed by atoms with van der Waals surface area (Å²) >= 11 is 0. The summed E-state index contributed by atoms with van der Waals surface area (Å²) < 4.78 is 4.98. The van der Waals surface area contributed by atoms with Gasteiger partial charge in [0.25, 0.3) is 0 Å². The van der Waals surface area contributed by atoms with E-state index in [1.807, 2.05) is 0 Å². The number of ether oxygens (including phenoxy) is 1. The van der Waals surface area contributed by atoms with Crippen LogP contribution in [0.2, 0.25) is 0 Å². The number of rotatable bonds is 7. The van der Waals surface area contributed by atoms with Crippen molar-refractivity contribution in [2.75, 3.05) is 6.61 Å². The number of Topliss-reactive ketones (excluding diaryl/α,β-unsaturated/α-hetero) is 3. The highest BCUT2D eigenvalue weighted by Gasteiger charge is 2.34. The molecule has 5 heteroatoms. The average Bonchev–Trinajstić information content (AvgIpc) is 3.37. The van der Waals surface area contributed by atoms with E-state index in [-0.39, 0.29) is 58.5 Å². The Morgan fingerprint density at radius 2 is 1.70 bits per heavy atom. The molecule has 23 heavy (non-hydrogen) atoms. The Bertz CT molecular complexity index is 683. The minimum absolute atomic E-state index is 0.00245. The molecule has 1 aliphatic carbocycles. The summed E-state index contributed by atoms with van der Waals surface area (Å²) in [6, 6.07) is 2.82. The van der Waals surface area contributed by atoms with Crippen molar-refractivity contribution in [2.24, 2.45) is 5.92 Å². The standard InChI is InChI=1S/C18H20O5/c1-4-15(20)12-8-13(17(21)11-6-7-11)16(10(3)19)14(9-12)18(22)23-5-2/h8-9,11H,4-7H2,1-3H3. The second-order valence-electron chi connectivity index (χ2n) is 5.64. The molecule has 0 unspecified atom stereocenters. The molecule has 0 spiro atoms. The number of esters is 1. The molecular weight excluding hydrogens is 296 g/mol. The predicted octanol–water partition coefficient (Wildman–Crippen LogP) is 3.25. The molecule has 0 aliphatic heterocycles. The van der Waals surface area contributed by atoms with Gasteiger partial charge in [0.15, 0.2) is 17.3 Å². The number of hydrogen-bond acceptors (Lipinski definition) is 5. The number of hydrogen-bond donors (Lipinski definition) is 0. The summed E-state index contributed by atoms with van der Waals surface area (Å²) in [4.78, 5) is 48.8. The molecule has 1 aromatic carbocycles. The topological polar surface area (TPSA) is 77.5 Å². The Kier molecular flexibility index (Phi) is 5.08. The van der Waals surface area contributed by atoms with E-state index in [4.69, 9.17) is 4.74 Å². The quantitative estimate of drug-likeness (QED) is 0.570. The molecule has 0 N–H and O–H groups in total. The highest BCUT2D eigenvalue weighted by atomic mass is 16.5. The van der Waals surface area contributed by atoms with Gasteiger partial charge in [-0.15, -0.1) is 0 Å². The van der Waals surface area contributed by atoms with Crippen molar-refractivity contribution in [3.05, 3.63) is 34.4 Å². The lowest BCUT2D eigenvalue weighted by molar-refractivity contribution is 0.0523. The lowest BCUT2D eigenvalue weighted by Gasteiger charge is -2.13. The molecule has 0 bridgehead atoms. The molecule has 0 radical (unpaired) electrons. The normalized spacial score (nSPS) is 13.5. The number of benzene rings is 1. The zero-order valence-corrected chi connectivity index (χ0v) is 13.6. The SMILES string of the molecule is CCOC(=O)c1cc(C(=O)CC)cc(C(=O)C2CC2)c1C(C)=O. The first-order chi connectivity index (χ1) is 10.9. The number of ketones is 3. The summed E-state index contributed by atoms with van der Waals surface area (Å²) in [5.74, 6) is -1.54. The van der Waals surface area contributed by atoms with Gasteiger partial charge in [-0.1, -0.05) is 6.92 Å². The van der Waals surface area contributed by atoms with E-state index in [1.165, 1.54) is 19.1 Å². The third-order valence-corrected chi connectivity index (χ3v) is 3.84. The molecule has 5 nitrogen and oxygen atoms in total. The molecule has 0 saturated heterocycles. The summed E-state index contributed by atoms with van der Waals surface area (Å²) in [6.45, 7) is 4.81. The fourth-order valence-electron chi connectivity index (χ4n) is 2.52. The van der Waals surface area contributed by atoms with Gasteiger partial charge >= 0.3 is 5.97 Å². The van der Waals surface area contributed by atoms with Gasteiger partial charge in [-0.3, -0.25) is 14.4 Å². The Balaban J connectivity index is 2.67. The first-order valence-electron chi connectivity index (χ1n) is 7.84. The van der Waals surface area contributed by atoms with Crippen molar-refractivity contribution < 1.29 is 23.9 Å². The van der Waals surface area contributed by atoms with Crippen molar-refractivity contribution in [3.63, 3.8) is 0 Å². The van der Waals surface area contributed by atoms with E-state index < -0.39 is 5.97 Å². The van der Waals surface area contributed by atoms with Gasteiger partial charge < -0.3 is 4.74 Å². The van der Waals surface area contributed by atoms with Crippen LogP contribution in [-0.2, 0) is 4.74 Å². The lowest BCUT2D eigenvalue weighted by Crippen LogP contribution is -2.18. The first kappa shape index (κ1) is 17.1. The largest absolute Gasteiger partial charge is 0.462 e. The smallest absolute Gasteiger partial charge is 0.338 e. The van der Waals surface area contributed by atoms with E-state index in [1.54, 1.807) is 13.8 Å². The molecule has 2 rings (SSSR count). The van der Waals surface area contributed by atoms with Gasteiger partial charge in [0.2, 0.25) is 0 Å². The highest BCUT2D eigenvalue weighted by molar-refractivity contribution is 6.16. The number of carbonyl (C=O) groups excluding carboxylic acids is 4. The van der Waals surface area contributed by atoms with E-state index in [0.717, 1.165) is 12.8 Å². The lowest BCUT2D eigenvalue weighted by atomic mass is 9.90. The van der Waals surface area contributed by atoms with Crippen LogP contribution < -0.4 is 0 Å². The predicted molar refractivity (Wildman–Crippen MR) is 84.1 cm³/mol. The minimum Gasteiger partial charge on any atom is -0.462 e. The third-order valence-electron chi connectivity index (χ3n) is 3.84. The summed E-state index contributed by atoms with van der Waals surface area (Å²) in [5.41, 5.74) is 0.502. The fraction of sp³-hybridized carbons (Fsp3) is 0.444. The van der Waals surface area contributed by atoms with Crippen molar-refractivity contribution >= 4 is 23.3 Å². The average molecular weight is 316 g/mol. The van der Waals surface area contributed by atoms with E-state index in [2.05, 4.69) is 0 Å². The molecule has 0 amide bonds. The van der Waals surface area contributed by atoms with E-state index in [9.17, 15) is 19.2 Å². The van der Waals surface area contributed by atoms with Gasteiger partial charge in [-0.05, 0) is 38.8 Å². The van der Waals surface area contributed by atoms with Crippen LogP contribution in [0.5, 0.6) is 0 Å². The monoisotopic (exact) mass is 316 g/mol. The maximum Gasteiger partial charge on any atom is 0.338 e. The number of carbonyl (C=O) groups is 4. The molecule has 122 valence electrons. The molecule has 0 atom stereocenters. The van der Waals surface area contributed by atoms with Crippen LogP contribution in [0.15, 0.2) is 12.1 Å². The minimum atomic E-state index is -0.687. The maximum absolute atomic E-state index is 12.5.